The Labute approximate surface area is 163 Å². The highest BCUT2D eigenvalue weighted by Crippen LogP contribution is 2.37. The molecule has 0 radical (unpaired) electrons. The molecule has 1 saturated carbocycles. The molecule has 1 aliphatic carbocycles. The summed E-state index contributed by atoms with van der Waals surface area (Å²) in [5.74, 6) is -2.94. The average Bonchev–Trinajstić information content (AvgIpc) is 3.08. The zero-order chi connectivity index (χ0) is 20.4. The molecule has 1 fully saturated rings. The van der Waals surface area contributed by atoms with E-state index in [-0.39, 0.29) is 25.2 Å². The van der Waals surface area contributed by atoms with E-state index in [1.54, 1.807) is 16.8 Å². The van der Waals surface area contributed by atoms with Crippen molar-refractivity contribution in [3.63, 3.8) is 0 Å². The number of hydrogen-bond acceptors (Lipinski definition) is 4. The Morgan fingerprint density at radius 2 is 2.00 bits per heavy atom. The molecule has 2 atom stereocenters. The van der Waals surface area contributed by atoms with E-state index in [9.17, 15) is 17.2 Å². The van der Waals surface area contributed by atoms with Gasteiger partial charge >= 0.3 is 0 Å². The van der Waals surface area contributed by atoms with Gasteiger partial charge in [-0.15, -0.1) is 0 Å². The number of sulfonamides is 1. The second-order valence-electron chi connectivity index (χ2n) is 7.19. The van der Waals surface area contributed by atoms with Crippen LogP contribution in [0.25, 0.3) is 5.69 Å². The number of benzene rings is 1. The smallest absolute Gasteiger partial charge is 0.248 e. The van der Waals surface area contributed by atoms with Gasteiger partial charge in [0.25, 0.3) is 0 Å². The molecule has 0 aliphatic heterocycles. The first kappa shape index (κ1) is 20.7. The van der Waals surface area contributed by atoms with E-state index in [0.29, 0.717) is 5.75 Å². The van der Waals surface area contributed by atoms with Gasteiger partial charge in [-0.05, 0) is 50.6 Å². The number of alkyl halides is 2. The lowest BCUT2D eigenvalue weighted by Gasteiger charge is -2.36. The van der Waals surface area contributed by atoms with E-state index in [1.165, 1.54) is 6.92 Å². The van der Waals surface area contributed by atoms with Gasteiger partial charge in [-0.1, -0.05) is 0 Å². The zero-order valence-electron chi connectivity index (χ0n) is 15.9. The lowest BCUT2D eigenvalue weighted by Crippen LogP contribution is -2.48. The summed E-state index contributed by atoms with van der Waals surface area (Å²) in [6.45, 7) is 3.44. The van der Waals surface area contributed by atoms with Crippen molar-refractivity contribution in [2.45, 2.75) is 45.1 Å². The first-order valence-electron chi connectivity index (χ1n) is 9.31. The fourth-order valence-electron chi connectivity index (χ4n) is 3.33. The minimum Gasteiger partial charge on any atom is -0.493 e. The van der Waals surface area contributed by atoms with Crippen LogP contribution >= 0.6 is 0 Å². The molecule has 0 amide bonds. The third kappa shape index (κ3) is 5.29. The van der Waals surface area contributed by atoms with Crippen LogP contribution in [0.5, 0.6) is 5.75 Å². The molecule has 3 rings (SSSR count). The second kappa shape index (κ2) is 8.16. The van der Waals surface area contributed by atoms with Crippen molar-refractivity contribution < 1.29 is 21.9 Å². The van der Waals surface area contributed by atoms with E-state index in [2.05, 4.69) is 9.82 Å². The predicted octanol–water partition coefficient (Wildman–Crippen LogP) is 3.30. The summed E-state index contributed by atoms with van der Waals surface area (Å²) in [5, 5.41) is 4.33. The minimum atomic E-state index is -3.47. The fourth-order valence-corrected chi connectivity index (χ4v) is 4.27. The van der Waals surface area contributed by atoms with Crippen molar-refractivity contribution in [2.75, 3.05) is 12.4 Å². The largest absolute Gasteiger partial charge is 0.493 e. The quantitative estimate of drug-likeness (QED) is 0.756. The summed E-state index contributed by atoms with van der Waals surface area (Å²) in [5.41, 5.74) is 1.76. The molecule has 1 aromatic carbocycles. The standard InChI is InChI=1S/C19H25F2N3O3S/c1-3-28(25,26)23-18-8-10-19(20,21)12-15(18)13-27-17-6-4-16(5-7-17)24-11-9-14(2)22-24/h4-7,9,11,15,18,23H,3,8,10,12-13H2,1-2H3. The summed E-state index contributed by atoms with van der Waals surface area (Å²) < 4.78 is 61.5. The summed E-state index contributed by atoms with van der Waals surface area (Å²) in [7, 11) is -3.47. The zero-order valence-corrected chi connectivity index (χ0v) is 16.8. The van der Waals surface area contributed by atoms with Gasteiger partial charge in [0.2, 0.25) is 15.9 Å². The maximum atomic E-state index is 13.9. The van der Waals surface area contributed by atoms with Crippen LogP contribution in [0, 0.1) is 12.8 Å². The molecule has 154 valence electrons. The molecule has 2 unspecified atom stereocenters. The Hall–Kier alpha value is -2.00. The lowest BCUT2D eigenvalue weighted by atomic mass is 9.83. The molecular weight excluding hydrogens is 388 g/mol. The number of ether oxygens (including phenoxy) is 1. The van der Waals surface area contributed by atoms with Crippen molar-refractivity contribution in [1.82, 2.24) is 14.5 Å². The molecule has 0 bridgehead atoms. The fraction of sp³-hybridized carbons (Fsp3) is 0.526. The molecule has 1 N–H and O–H groups in total. The first-order valence-corrected chi connectivity index (χ1v) is 11.0. The van der Waals surface area contributed by atoms with Crippen LogP contribution in [0.2, 0.25) is 0 Å². The molecule has 1 aromatic heterocycles. The first-order chi connectivity index (χ1) is 13.2. The number of aryl methyl sites for hydroxylation is 1. The Bertz CT molecular complexity index is 897. The van der Waals surface area contributed by atoms with Crippen LogP contribution in [0.3, 0.4) is 0 Å². The van der Waals surface area contributed by atoms with E-state index >= 15 is 0 Å². The summed E-state index contributed by atoms with van der Waals surface area (Å²) >= 11 is 0. The molecule has 28 heavy (non-hydrogen) atoms. The summed E-state index contributed by atoms with van der Waals surface area (Å²) in [4.78, 5) is 0. The van der Waals surface area contributed by atoms with Crippen LogP contribution < -0.4 is 9.46 Å². The Balaban J connectivity index is 1.66. The van der Waals surface area contributed by atoms with Crippen LogP contribution in [0.1, 0.15) is 31.9 Å². The minimum absolute atomic E-state index is 0.0206. The summed E-state index contributed by atoms with van der Waals surface area (Å²) in [6.07, 6.45) is 1.23. The van der Waals surface area contributed by atoms with Crippen molar-refractivity contribution >= 4 is 10.0 Å². The van der Waals surface area contributed by atoms with Crippen molar-refractivity contribution in [2.24, 2.45) is 5.92 Å². The number of halogens is 2. The average molecular weight is 413 g/mol. The highest BCUT2D eigenvalue weighted by Gasteiger charge is 2.42. The van der Waals surface area contributed by atoms with Gasteiger partial charge in [-0.25, -0.2) is 26.6 Å². The molecular formula is C19H25F2N3O3S. The van der Waals surface area contributed by atoms with E-state index < -0.39 is 34.3 Å². The van der Waals surface area contributed by atoms with Gasteiger partial charge in [-0.3, -0.25) is 0 Å². The highest BCUT2D eigenvalue weighted by molar-refractivity contribution is 7.89. The number of hydrogen-bond donors (Lipinski definition) is 1. The molecule has 1 heterocycles. The van der Waals surface area contributed by atoms with Gasteiger partial charge in [-0.2, -0.15) is 5.10 Å². The van der Waals surface area contributed by atoms with Crippen LogP contribution in [-0.2, 0) is 10.0 Å². The Morgan fingerprint density at radius 1 is 1.29 bits per heavy atom. The van der Waals surface area contributed by atoms with E-state index in [0.717, 1.165) is 11.4 Å². The van der Waals surface area contributed by atoms with Crippen LogP contribution in [-0.4, -0.2) is 42.5 Å². The SMILES string of the molecule is CCS(=O)(=O)NC1CCC(F)(F)CC1COc1ccc(-n2ccc(C)n2)cc1. The number of rotatable bonds is 7. The van der Waals surface area contributed by atoms with Crippen LogP contribution in [0.4, 0.5) is 8.78 Å². The highest BCUT2D eigenvalue weighted by atomic mass is 32.2. The number of nitrogens with one attached hydrogen (secondary N) is 1. The van der Waals surface area contributed by atoms with Gasteiger partial charge in [0.15, 0.2) is 0 Å². The second-order valence-corrected chi connectivity index (χ2v) is 9.24. The molecule has 2 aromatic rings. The maximum absolute atomic E-state index is 13.9. The van der Waals surface area contributed by atoms with Crippen LogP contribution in [0.15, 0.2) is 36.5 Å². The molecule has 0 spiro atoms. The van der Waals surface area contributed by atoms with Gasteiger partial charge in [0.1, 0.15) is 5.75 Å². The van der Waals surface area contributed by atoms with E-state index in [1.807, 2.05) is 31.3 Å². The van der Waals surface area contributed by atoms with Gasteiger partial charge in [0, 0.05) is 31.0 Å². The summed E-state index contributed by atoms with van der Waals surface area (Å²) in [6, 6.07) is 8.50. The monoisotopic (exact) mass is 413 g/mol. The molecule has 1 aliphatic rings. The van der Waals surface area contributed by atoms with Crippen molar-refractivity contribution in [3.05, 3.63) is 42.2 Å². The maximum Gasteiger partial charge on any atom is 0.248 e. The number of nitrogens with zero attached hydrogens (tertiary/aromatic N) is 2. The third-order valence-electron chi connectivity index (χ3n) is 4.95. The topological polar surface area (TPSA) is 73.2 Å². The van der Waals surface area contributed by atoms with Gasteiger partial charge < -0.3 is 4.74 Å². The third-order valence-corrected chi connectivity index (χ3v) is 6.37. The van der Waals surface area contributed by atoms with Crippen molar-refractivity contribution in [3.8, 4) is 11.4 Å². The normalized spacial score (nSPS) is 22.1. The Morgan fingerprint density at radius 3 is 2.61 bits per heavy atom. The molecule has 9 heteroatoms. The predicted molar refractivity (Wildman–Crippen MR) is 102 cm³/mol. The van der Waals surface area contributed by atoms with Crippen molar-refractivity contribution in [1.29, 1.82) is 0 Å². The Kier molecular flexibility index (Phi) is 6.04. The number of aromatic nitrogens is 2. The van der Waals surface area contributed by atoms with E-state index in [4.69, 9.17) is 4.74 Å². The van der Waals surface area contributed by atoms with Gasteiger partial charge in [0.05, 0.1) is 23.7 Å². The lowest BCUT2D eigenvalue weighted by molar-refractivity contribution is -0.0660. The molecule has 0 saturated heterocycles. The molecule has 6 nitrogen and oxygen atoms in total.